The molecule has 0 aliphatic carbocycles. The van der Waals surface area contributed by atoms with Crippen molar-refractivity contribution in [2.75, 3.05) is 0 Å². The summed E-state index contributed by atoms with van der Waals surface area (Å²) in [5.41, 5.74) is 15.0. The first-order valence-electron chi connectivity index (χ1n) is 26.1. The Morgan fingerprint density at radius 3 is 1.45 bits per heavy atom. The molecule has 14 aromatic rings. The maximum atomic E-state index is 7.34. The van der Waals surface area contributed by atoms with Gasteiger partial charge in [-0.2, -0.15) is 0 Å². The number of hydrogen-bond acceptors (Lipinski definition) is 4. The highest BCUT2D eigenvalue weighted by molar-refractivity contribution is 7.28. The van der Waals surface area contributed by atoms with E-state index in [1.807, 2.05) is 22.7 Å². The van der Waals surface area contributed by atoms with E-state index in [1.54, 1.807) is 0 Å². The molecule has 0 unspecified atom stereocenters. The van der Waals surface area contributed by atoms with E-state index in [-0.39, 0.29) is 17.5 Å². The molecule has 2 aliphatic heterocycles. The van der Waals surface area contributed by atoms with Crippen molar-refractivity contribution in [2.24, 2.45) is 0 Å². The van der Waals surface area contributed by atoms with E-state index in [9.17, 15) is 0 Å². The minimum atomic E-state index is -0.125. The van der Waals surface area contributed by atoms with Crippen molar-refractivity contribution in [1.29, 1.82) is 0 Å². The van der Waals surface area contributed by atoms with Gasteiger partial charge < -0.3 is 18.6 Å². The molecule has 16 rings (SSSR count). The molecule has 4 aromatic heterocycles. The molecule has 0 atom stereocenters. The van der Waals surface area contributed by atoms with E-state index >= 15 is 0 Å². The van der Waals surface area contributed by atoms with Gasteiger partial charge in [0.1, 0.15) is 23.0 Å². The number of benzene rings is 10. The molecule has 2 aliphatic rings. The fraction of sp³-hybridized carbons (Fsp3) is 0.118. The van der Waals surface area contributed by atoms with Crippen molar-refractivity contribution in [1.82, 2.24) is 9.13 Å². The smallest absolute Gasteiger partial charge is 0.260 e. The normalized spacial score (nSPS) is 13.4. The lowest BCUT2D eigenvalue weighted by Crippen LogP contribution is -2.57. The molecule has 0 saturated heterocycles. The number of para-hydroxylation sites is 2. The van der Waals surface area contributed by atoms with Gasteiger partial charge in [-0.1, -0.05) is 139 Å². The Balaban J connectivity index is 0.916. The topological polar surface area (TPSA) is 28.3 Å². The van der Waals surface area contributed by atoms with Crippen molar-refractivity contribution in [2.45, 2.75) is 52.4 Å². The van der Waals surface area contributed by atoms with Crippen LogP contribution in [0.4, 0.5) is 0 Å². The van der Waals surface area contributed by atoms with Crippen LogP contribution < -0.4 is 25.9 Å². The number of hydrogen-bond donors (Lipinski definition) is 0. The molecule has 75 heavy (non-hydrogen) atoms. The highest BCUT2D eigenvalue weighted by atomic mass is 32.1. The number of nitrogens with zero attached hydrogens (tertiary/aromatic N) is 2. The van der Waals surface area contributed by atoms with Gasteiger partial charge in [-0.05, 0) is 123 Å². The van der Waals surface area contributed by atoms with E-state index in [0.29, 0.717) is 0 Å². The lowest BCUT2D eigenvalue weighted by Gasteiger charge is -2.34. The second-order valence-corrected chi connectivity index (χ2v) is 25.0. The molecule has 0 N–H and O–H groups in total. The molecule has 6 heterocycles. The van der Waals surface area contributed by atoms with Crippen molar-refractivity contribution in [3.05, 3.63) is 199 Å². The Hall–Kier alpha value is -8.10. The number of ether oxygens (including phenoxy) is 2. The van der Waals surface area contributed by atoms with E-state index in [0.717, 1.165) is 56.3 Å². The van der Waals surface area contributed by atoms with Crippen molar-refractivity contribution >= 4 is 130 Å². The second kappa shape index (κ2) is 15.3. The molecule has 358 valence electrons. The van der Waals surface area contributed by atoms with Gasteiger partial charge >= 0.3 is 0 Å². The van der Waals surface area contributed by atoms with Crippen LogP contribution in [0.15, 0.2) is 188 Å². The van der Waals surface area contributed by atoms with Gasteiger partial charge in [0, 0.05) is 90.9 Å². The Labute approximate surface area is 442 Å². The third-order valence-corrected chi connectivity index (χ3v) is 18.7. The van der Waals surface area contributed by atoms with Crippen LogP contribution in [-0.4, -0.2) is 15.8 Å². The molecule has 0 amide bonds. The SMILES string of the molecule is CC(C)(C)c1ccc2c(c1)c1cc(C(C)(C)C)ccc1n2-c1ccc2c(c1)Oc1cc(-c3cccc4c3sc3ccc5sc6ccccc6c5c34)cc3c1B2c1ccc(-n2c4ccccc4c4ccccc42)cc1O3. The summed E-state index contributed by atoms with van der Waals surface area (Å²) in [6, 6.07) is 70.1. The second-order valence-electron chi connectivity index (χ2n) is 22.8. The molecule has 4 nitrogen and oxygen atoms in total. The molecule has 0 fully saturated rings. The molecule has 10 aromatic carbocycles. The third-order valence-electron chi connectivity index (χ3n) is 16.4. The number of fused-ring (bicyclic) bond motifs is 17. The molecule has 0 bridgehead atoms. The predicted octanol–water partition coefficient (Wildman–Crippen LogP) is 17.6. The summed E-state index contributed by atoms with van der Waals surface area (Å²) in [6.07, 6.45) is 0. The Morgan fingerprint density at radius 1 is 0.387 bits per heavy atom. The molecule has 7 heteroatoms. The zero-order valence-electron chi connectivity index (χ0n) is 42.5. The Kier molecular flexibility index (Phi) is 8.81. The maximum Gasteiger partial charge on any atom is 0.260 e. The van der Waals surface area contributed by atoms with Crippen LogP contribution in [0.2, 0.25) is 0 Å². The summed E-state index contributed by atoms with van der Waals surface area (Å²) in [7, 11) is 0. The van der Waals surface area contributed by atoms with Crippen LogP contribution in [0, 0.1) is 0 Å². The van der Waals surface area contributed by atoms with Gasteiger partial charge in [0.2, 0.25) is 0 Å². The average Bonchev–Trinajstić information content (AvgIpc) is 4.24. The highest BCUT2D eigenvalue weighted by Gasteiger charge is 2.41. The minimum absolute atomic E-state index is 0.00707. The number of rotatable bonds is 3. The fourth-order valence-corrected chi connectivity index (χ4v) is 15.0. The number of aromatic nitrogens is 2. The standard InChI is InChI=1S/C68H49BN2O2S2/c1-67(2,3)39-22-28-54-48(34-39)49-35-40(68(4,5)6)23-29-55(49)71(54)42-25-27-51-57(37-42)73-59-33-38(43-17-13-18-47-64-62(75-66(43)47)31-30-61-63(64)46-16-9-12-21-60(46)74-61)32-58-65(59)69(51)50-26-24-41(36-56(50)72-58)70-52-19-10-7-14-44(52)45-15-8-11-20-53(45)70/h7-37H,1-6H3. The van der Waals surface area contributed by atoms with Crippen LogP contribution in [-0.2, 0) is 10.8 Å². The molecular weight excluding hydrogens is 952 g/mol. The molecule has 0 spiro atoms. The van der Waals surface area contributed by atoms with E-state index < -0.39 is 0 Å². The third kappa shape index (κ3) is 6.23. The quantitative estimate of drug-likeness (QED) is 0.165. The minimum Gasteiger partial charge on any atom is -0.458 e. The van der Waals surface area contributed by atoms with Crippen LogP contribution in [0.1, 0.15) is 52.7 Å². The average molecular weight is 1000 g/mol. The first kappa shape index (κ1) is 43.3. The summed E-state index contributed by atoms with van der Waals surface area (Å²) in [5.74, 6) is 3.35. The van der Waals surface area contributed by atoms with Gasteiger partial charge in [0.05, 0.1) is 22.1 Å². The van der Waals surface area contributed by atoms with Crippen molar-refractivity contribution in [3.63, 3.8) is 0 Å². The molecular formula is C68H49BN2O2S2. The van der Waals surface area contributed by atoms with Crippen molar-refractivity contribution < 1.29 is 9.47 Å². The largest absolute Gasteiger partial charge is 0.458 e. The highest BCUT2D eigenvalue weighted by Crippen LogP contribution is 2.49. The van der Waals surface area contributed by atoms with Gasteiger partial charge in [-0.15, -0.1) is 22.7 Å². The van der Waals surface area contributed by atoms with Crippen LogP contribution in [0.5, 0.6) is 23.0 Å². The maximum absolute atomic E-state index is 7.34. The monoisotopic (exact) mass is 1000 g/mol. The number of thiophene rings is 2. The zero-order valence-corrected chi connectivity index (χ0v) is 44.1. The summed E-state index contributed by atoms with van der Waals surface area (Å²) in [5, 5.41) is 10.3. The van der Waals surface area contributed by atoms with Gasteiger partial charge in [0.15, 0.2) is 0 Å². The van der Waals surface area contributed by atoms with Gasteiger partial charge in [-0.25, -0.2) is 0 Å². The summed E-state index contributed by atoms with van der Waals surface area (Å²) < 4.78 is 24.6. The van der Waals surface area contributed by atoms with Crippen LogP contribution >= 0.6 is 22.7 Å². The molecule has 0 radical (unpaired) electrons. The lowest BCUT2D eigenvalue weighted by molar-refractivity contribution is 0.465. The predicted molar refractivity (Wildman–Crippen MR) is 321 cm³/mol. The summed E-state index contributed by atoms with van der Waals surface area (Å²) in [6.45, 7) is 13.7. The Morgan fingerprint density at radius 2 is 0.880 bits per heavy atom. The Bertz CT molecular complexity index is 4700. The first-order chi connectivity index (χ1) is 36.4. The zero-order chi connectivity index (χ0) is 50.2. The molecule has 0 saturated carbocycles. The van der Waals surface area contributed by atoms with Crippen molar-refractivity contribution in [3.8, 4) is 45.5 Å². The first-order valence-corrected chi connectivity index (χ1v) is 27.7. The van der Waals surface area contributed by atoms with E-state index in [2.05, 4.69) is 239 Å². The van der Waals surface area contributed by atoms with Crippen LogP contribution in [0.25, 0.3) is 106 Å². The summed E-state index contributed by atoms with van der Waals surface area (Å²) in [4.78, 5) is 0. The van der Waals surface area contributed by atoms with Crippen LogP contribution in [0.3, 0.4) is 0 Å². The van der Waals surface area contributed by atoms with E-state index in [1.165, 1.54) is 101 Å². The lowest BCUT2D eigenvalue weighted by atomic mass is 9.35. The van der Waals surface area contributed by atoms with Gasteiger partial charge in [-0.3, -0.25) is 0 Å². The van der Waals surface area contributed by atoms with E-state index in [4.69, 9.17) is 9.47 Å². The fourth-order valence-electron chi connectivity index (χ4n) is 12.7. The summed E-state index contributed by atoms with van der Waals surface area (Å²) >= 11 is 3.76. The van der Waals surface area contributed by atoms with Gasteiger partial charge in [0.25, 0.3) is 6.71 Å².